The van der Waals surface area contributed by atoms with Gasteiger partial charge in [-0.15, -0.1) is 0 Å². The van der Waals surface area contributed by atoms with Crippen molar-refractivity contribution < 1.29 is 35.4 Å². The Labute approximate surface area is 161 Å². The molecule has 0 saturated carbocycles. The summed E-state index contributed by atoms with van der Waals surface area (Å²) >= 11 is 1.75. The van der Waals surface area contributed by atoms with Crippen molar-refractivity contribution in [3.8, 4) is 0 Å². The molecule has 2 N–H and O–H groups in total. The fourth-order valence-electron chi connectivity index (χ4n) is 1.19. The van der Waals surface area contributed by atoms with E-state index in [9.17, 15) is 0 Å². The molecule has 0 aliphatic rings. The first-order chi connectivity index (χ1) is 11.1. The van der Waals surface area contributed by atoms with Crippen molar-refractivity contribution in [3.63, 3.8) is 0 Å². The SMILES string of the molecule is OCCOCCOCCO[Te](I)(I)OCCOCCOCCO. The van der Waals surface area contributed by atoms with Gasteiger partial charge in [0.25, 0.3) is 0 Å². The first-order valence-corrected chi connectivity index (χ1v) is 22.6. The third-order valence-corrected chi connectivity index (χ3v) is 11.5. The van der Waals surface area contributed by atoms with E-state index in [0.717, 1.165) is 0 Å². The van der Waals surface area contributed by atoms with Crippen LogP contribution in [0.25, 0.3) is 0 Å². The normalized spacial score (nSPS) is 12.7. The van der Waals surface area contributed by atoms with Crippen molar-refractivity contribution in [3.05, 3.63) is 0 Å². The molecule has 0 saturated heterocycles. The van der Waals surface area contributed by atoms with Crippen LogP contribution in [0.5, 0.6) is 0 Å². The molecule has 23 heavy (non-hydrogen) atoms. The summed E-state index contributed by atoms with van der Waals surface area (Å²) in [6.07, 6.45) is 0. The minimum atomic E-state index is -2.75. The van der Waals surface area contributed by atoms with E-state index in [0.29, 0.717) is 66.1 Å². The zero-order chi connectivity index (χ0) is 17.2. The van der Waals surface area contributed by atoms with E-state index in [-0.39, 0.29) is 13.2 Å². The number of aliphatic hydroxyl groups is 2. The number of hydrogen-bond acceptors (Lipinski definition) is 8. The predicted octanol–water partition coefficient (Wildman–Crippen LogP) is 0.376. The zero-order valence-corrected chi connectivity index (χ0v) is 19.6. The van der Waals surface area contributed by atoms with Crippen LogP contribution in [0.1, 0.15) is 0 Å². The number of ether oxygens (including phenoxy) is 4. The summed E-state index contributed by atoms with van der Waals surface area (Å²) in [5, 5.41) is 17.1. The molecule has 8 nitrogen and oxygen atoms in total. The first-order valence-electron chi connectivity index (χ1n) is 7.16. The molecule has 0 radical (unpaired) electrons. The Morgan fingerprint density at radius 1 is 0.522 bits per heavy atom. The summed E-state index contributed by atoms with van der Waals surface area (Å²) in [6.45, 7) is 4.60. The van der Waals surface area contributed by atoms with Gasteiger partial charge < -0.3 is 0 Å². The summed E-state index contributed by atoms with van der Waals surface area (Å²) in [4.78, 5) is 0. The Kier molecular flexibility index (Phi) is 20.3. The van der Waals surface area contributed by atoms with Crippen molar-refractivity contribution >= 4 is 48.5 Å². The van der Waals surface area contributed by atoms with Gasteiger partial charge in [0.1, 0.15) is 0 Å². The molecule has 0 heterocycles. The molecule has 11 heteroatoms. The van der Waals surface area contributed by atoms with E-state index in [4.69, 9.17) is 35.4 Å². The van der Waals surface area contributed by atoms with Crippen molar-refractivity contribution in [2.45, 2.75) is 0 Å². The molecule has 0 aliphatic heterocycles. The average Bonchev–Trinajstić information content (AvgIpc) is 2.52. The van der Waals surface area contributed by atoms with Crippen molar-refractivity contribution in [2.24, 2.45) is 0 Å². The van der Waals surface area contributed by atoms with Crippen molar-refractivity contribution in [1.29, 1.82) is 0 Å². The summed E-state index contributed by atoms with van der Waals surface area (Å²) < 4.78 is 32.3. The second kappa shape index (κ2) is 18.7. The van der Waals surface area contributed by atoms with Gasteiger partial charge >= 0.3 is 163 Å². The molecule has 0 aliphatic carbocycles. The maximum absolute atomic E-state index is 8.53. The molecule has 0 bridgehead atoms. The van der Waals surface area contributed by atoms with E-state index in [2.05, 4.69) is 37.4 Å². The molecular formula is C12H26I2O8Te. The van der Waals surface area contributed by atoms with Gasteiger partial charge in [0, 0.05) is 0 Å². The fraction of sp³-hybridized carbons (Fsp3) is 1.00. The average molecular weight is 680 g/mol. The second-order valence-electron chi connectivity index (χ2n) is 3.92. The Morgan fingerprint density at radius 2 is 0.826 bits per heavy atom. The quantitative estimate of drug-likeness (QED) is 0.122. The molecule has 142 valence electrons. The molecule has 0 rings (SSSR count). The van der Waals surface area contributed by atoms with Crippen LogP contribution in [0.2, 0.25) is 0 Å². The maximum atomic E-state index is 8.53. The third-order valence-electron chi connectivity index (χ3n) is 2.11. The Morgan fingerprint density at radius 3 is 1.17 bits per heavy atom. The van der Waals surface area contributed by atoms with Crippen LogP contribution in [0.4, 0.5) is 0 Å². The zero-order valence-electron chi connectivity index (χ0n) is 13.0. The van der Waals surface area contributed by atoms with Crippen LogP contribution in [0.3, 0.4) is 0 Å². The third kappa shape index (κ3) is 20.1. The monoisotopic (exact) mass is 682 g/mol. The van der Waals surface area contributed by atoms with Gasteiger partial charge in [-0.2, -0.15) is 0 Å². The van der Waals surface area contributed by atoms with Gasteiger partial charge in [-0.05, 0) is 0 Å². The standard InChI is InChI=1S/C12H26I2O8Te/c13-23(14,21-11-9-19-7-5-17-3-1-15)22-12-10-20-8-6-18-4-2-16/h15-16H,1-12H2. The topological polar surface area (TPSA) is 95.8 Å². The Bertz CT molecular complexity index is 229. The van der Waals surface area contributed by atoms with E-state index in [1.54, 1.807) is 0 Å². The van der Waals surface area contributed by atoms with E-state index < -0.39 is 11.1 Å². The summed E-state index contributed by atoms with van der Waals surface area (Å²) in [7, 11) is 0. The molecule has 0 spiro atoms. The summed E-state index contributed by atoms with van der Waals surface area (Å²) in [5.74, 6) is 0. The van der Waals surface area contributed by atoms with E-state index in [1.807, 2.05) is 0 Å². The molecule has 0 aromatic heterocycles. The van der Waals surface area contributed by atoms with Crippen LogP contribution >= 0.6 is 37.4 Å². The van der Waals surface area contributed by atoms with Crippen LogP contribution in [-0.4, -0.2) is 101 Å². The molecule has 0 unspecified atom stereocenters. The predicted molar refractivity (Wildman–Crippen MR) is 103 cm³/mol. The molecule has 0 aromatic carbocycles. The Hall–Kier alpha value is 1.93. The van der Waals surface area contributed by atoms with E-state index in [1.165, 1.54) is 0 Å². The molecule has 0 fully saturated rings. The number of rotatable bonds is 18. The van der Waals surface area contributed by atoms with Gasteiger partial charge in [0.2, 0.25) is 0 Å². The van der Waals surface area contributed by atoms with Gasteiger partial charge in [-0.3, -0.25) is 0 Å². The van der Waals surface area contributed by atoms with Gasteiger partial charge in [-0.25, -0.2) is 0 Å². The number of hydrogen-bond donors (Lipinski definition) is 2. The number of halogens is 2. The summed E-state index contributed by atoms with van der Waals surface area (Å²) in [6, 6.07) is 0. The van der Waals surface area contributed by atoms with Crippen LogP contribution in [0, 0.1) is 0 Å². The summed E-state index contributed by atoms with van der Waals surface area (Å²) in [5.41, 5.74) is 0. The molecule has 0 atom stereocenters. The molecule has 0 aromatic rings. The second-order valence-corrected chi connectivity index (χ2v) is 34.3. The Balaban J connectivity index is 3.33. The number of aliphatic hydroxyl groups excluding tert-OH is 2. The van der Waals surface area contributed by atoms with Crippen molar-refractivity contribution in [1.82, 2.24) is 0 Å². The van der Waals surface area contributed by atoms with Crippen LogP contribution in [-0.2, 0) is 25.1 Å². The fourth-order valence-corrected chi connectivity index (χ4v) is 7.70. The minimum absolute atomic E-state index is 0.0275. The van der Waals surface area contributed by atoms with Crippen LogP contribution in [0.15, 0.2) is 0 Å². The van der Waals surface area contributed by atoms with Crippen molar-refractivity contribution in [2.75, 3.05) is 79.3 Å². The van der Waals surface area contributed by atoms with Gasteiger partial charge in [-0.1, -0.05) is 0 Å². The molecule has 0 amide bonds. The van der Waals surface area contributed by atoms with E-state index >= 15 is 0 Å². The van der Waals surface area contributed by atoms with Crippen LogP contribution < -0.4 is 0 Å². The molecular weight excluding hydrogens is 654 g/mol. The van der Waals surface area contributed by atoms with Gasteiger partial charge in [0.15, 0.2) is 0 Å². The van der Waals surface area contributed by atoms with Gasteiger partial charge in [0.05, 0.1) is 0 Å². The first kappa shape index (κ1) is 24.9.